The summed E-state index contributed by atoms with van der Waals surface area (Å²) >= 11 is 0. The van der Waals surface area contributed by atoms with Crippen LogP contribution in [-0.2, 0) is 6.54 Å². The van der Waals surface area contributed by atoms with Gasteiger partial charge >= 0.3 is 0 Å². The molecular weight excluding hydrogens is 312 g/mol. The molecule has 0 aliphatic carbocycles. The smallest absolute Gasteiger partial charge is 0.271 e. The standard InChI is InChI=1S/C20H26N4O/c1-15-5-3-6-16(2)18(15)14-24-10-4-7-17(13-24)11-23-20(25)19-12-21-8-9-22-19/h3,5-6,8-9,12,17H,4,7,10-11,13-14H2,1-2H3,(H,23,25)/t17-/m1/s1. The van der Waals surface area contributed by atoms with Crippen LogP contribution in [0.5, 0.6) is 0 Å². The molecule has 1 atom stereocenters. The second-order valence-electron chi connectivity index (χ2n) is 6.91. The minimum Gasteiger partial charge on any atom is -0.350 e. The third kappa shape index (κ3) is 4.63. The fourth-order valence-corrected chi connectivity index (χ4v) is 3.53. The van der Waals surface area contributed by atoms with Gasteiger partial charge in [0.25, 0.3) is 5.91 Å². The number of nitrogens with zero attached hydrogens (tertiary/aromatic N) is 3. The SMILES string of the molecule is Cc1cccc(C)c1CN1CCC[C@H](CNC(=O)c2cnccn2)C1. The highest BCUT2D eigenvalue weighted by Crippen LogP contribution is 2.21. The molecule has 0 spiro atoms. The predicted molar refractivity (Wildman–Crippen MR) is 98.3 cm³/mol. The van der Waals surface area contributed by atoms with Gasteiger partial charge in [0, 0.05) is 32.0 Å². The fraction of sp³-hybridized carbons (Fsp3) is 0.450. The highest BCUT2D eigenvalue weighted by Gasteiger charge is 2.21. The summed E-state index contributed by atoms with van der Waals surface area (Å²) in [5.74, 6) is 0.346. The molecule has 1 aliphatic rings. The zero-order valence-corrected chi connectivity index (χ0v) is 15.0. The van der Waals surface area contributed by atoms with Crippen LogP contribution >= 0.6 is 0 Å². The van der Waals surface area contributed by atoms with E-state index < -0.39 is 0 Å². The highest BCUT2D eigenvalue weighted by molar-refractivity contribution is 5.91. The molecule has 1 aliphatic heterocycles. The Morgan fingerprint density at radius 3 is 2.80 bits per heavy atom. The summed E-state index contributed by atoms with van der Waals surface area (Å²) in [4.78, 5) is 22.6. The molecule has 25 heavy (non-hydrogen) atoms. The van der Waals surface area contributed by atoms with Crippen molar-refractivity contribution >= 4 is 5.91 Å². The molecule has 1 fully saturated rings. The van der Waals surface area contributed by atoms with Gasteiger partial charge in [0.15, 0.2) is 0 Å². The second kappa shape index (κ2) is 8.21. The van der Waals surface area contributed by atoms with E-state index in [0.717, 1.165) is 26.1 Å². The van der Waals surface area contributed by atoms with Crippen LogP contribution < -0.4 is 5.32 Å². The zero-order valence-electron chi connectivity index (χ0n) is 15.0. The number of piperidine rings is 1. The van der Waals surface area contributed by atoms with E-state index in [0.29, 0.717) is 18.2 Å². The Bertz CT molecular complexity index is 697. The first-order valence-corrected chi connectivity index (χ1v) is 8.95. The van der Waals surface area contributed by atoms with Crippen molar-refractivity contribution in [1.29, 1.82) is 0 Å². The molecule has 3 rings (SSSR count). The molecule has 0 radical (unpaired) electrons. The summed E-state index contributed by atoms with van der Waals surface area (Å²) in [7, 11) is 0. The van der Waals surface area contributed by atoms with Crippen LogP contribution in [0.25, 0.3) is 0 Å². The number of carbonyl (C=O) groups excluding carboxylic acids is 1. The lowest BCUT2D eigenvalue weighted by Crippen LogP contribution is -2.40. The summed E-state index contributed by atoms with van der Waals surface area (Å²) < 4.78 is 0. The molecule has 1 aromatic carbocycles. The van der Waals surface area contributed by atoms with Crippen LogP contribution in [-0.4, -0.2) is 40.4 Å². The van der Waals surface area contributed by atoms with Crippen molar-refractivity contribution in [3.63, 3.8) is 0 Å². The van der Waals surface area contributed by atoms with Crippen molar-refractivity contribution in [3.05, 3.63) is 59.2 Å². The maximum atomic E-state index is 12.1. The van der Waals surface area contributed by atoms with Crippen molar-refractivity contribution in [1.82, 2.24) is 20.2 Å². The molecule has 5 heteroatoms. The Morgan fingerprint density at radius 1 is 1.28 bits per heavy atom. The number of rotatable bonds is 5. The summed E-state index contributed by atoms with van der Waals surface area (Å²) in [6.07, 6.45) is 6.95. The first-order chi connectivity index (χ1) is 12.1. The van der Waals surface area contributed by atoms with Gasteiger partial charge in [-0.1, -0.05) is 18.2 Å². The van der Waals surface area contributed by atoms with Gasteiger partial charge in [-0.05, 0) is 55.8 Å². The average molecular weight is 338 g/mol. The molecule has 1 amide bonds. The van der Waals surface area contributed by atoms with Crippen LogP contribution in [0.4, 0.5) is 0 Å². The van der Waals surface area contributed by atoms with Crippen molar-refractivity contribution in [2.75, 3.05) is 19.6 Å². The van der Waals surface area contributed by atoms with Crippen LogP contribution in [0.15, 0.2) is 36.8 Å². The first kappa shape index (κ1) is 17.5. The van der Waals surface area contributed by atoms with E-state index in [1.54, 1.807) is 12.4 Å². The van der Waals surface area contributed by atoms with Crippen LogP contribution in [0, 0.1) is 19.8 Å². The first-order valence-electron chi connectivity index (χ1n) is 8.95. The summed E-state index contributed by atoms with van der Waals surface area (Å²) in [5, 5.41) is 3.01. The van der Waals surface area contributed by atoms with Crippen molar-refractivity contribution in [2.24, 2.45) is 5.92 Å². The van der Waals surface area contributed by atoms with Gasteiger partial charge in [-0.15, -0.1) is 0 Å². The lowest BCUT2D eigenvalue weighted by molar-refractivity contribution is 0.0925. The number of likely N-dealkylation sites (tertiary alicyclic amines) is 1. The van der Waals surface area contributed by atoms with E-state index in [9.17, 15) is 4.79 Å². The minimum absolute atomic E-state index is 0.139. The van der Waals surface area contributed by atoms with Gasteiger partial charge in [0.05, 0.1) is 6.20 Å². The largest absolute Gasteiger partial charge is 0.350 e. The molecule has 132 valence electrons. The number of carbonyl (C=O) groups is 1. The number of aromatic nitrogens is 2. The number of amides is 1. The number of aryl methyl sites for hydroxylation is 2. The Kier molecular flexibility index (Phi) is 5.76. The van der Waals surface area contributed by atoms with Gasteiger partial charge in [-0.2, -0.15) is 0 Å². The molecular formula is C20H26N4O. The third-order valence-corrected chi connectivity index (χ3v) is 4.98. The Balaban J connectivity index is 1.54. The molecule has 1 N–H and O–H groups in total. The minimum atomic E-state index is -0.139. The van der Waals surface area contributed by atoms with Gasteiger partial charge in [0.1, 0.15) is 5.69 Å². The summed E-state index contributed by atoms with van der Waals surface area (Å²) in [6.45, 7) is 8.21. The maximum Gasteiger partial charge on any atom is 0.271 e. The maximum absolute atomic E-state index is 12.1. The third-order valence-electron chi connectivity index (χ3n) is 4.98. The lowest BCUT2D eigenvalue weighted by Gasteiger charge is -2.33. The Labute approximate surface area is 149 Å². The molecule has 2 heterocycles. The number of hydrogen-bond donors (Lipinski definition) is 1. The average Bonchev–Trinajstić information content (AvgIpc) is 2.64. The van der Waals surface area contributed by atoms with E-state index in [1.807, 2.05) is 0 Å². The topological polar surface area (TPSA) is 58.1 Å². The predicted octanol–water partition coefficient (Wildman–Crippen LogP) is 2.74. The van der Waals surface area contributed by atoms with Gasteiger partial charge < -0.3 is 5.32 Å². The fourth-order valence-electron chi connectivity index (χ4n) is 3.53. The molecule has 0 bridgehead atoms. The quantitative estimate of drug-likeness (QED) is 0.911. The Morgan fingerprint density at radius 2 is 2.08 bits per heavy atom. The van der Waals surface area contributed by atoms with Crippen LogP contribution in [0.1, 0.15) is 40.0 Å². The van der Waals surface area contributed by atoms with Gasteiger partial charge in [-0.3, -0.25) is 14.7 Å². The van der Waals surface area contributed by atoms with Gasteiger partial charge in [-0.25, -0.2) is 4.98 Å². The molecule has 1 aromatic heterocycles. The summed E-state index contributed by atoms with van der Waals surface area (Å²) in [6, 6.07) is 6.49. The Hall–Kier alpha value is -2.27. The van der Waals surface area contributed by atoms with Crippen molar-refractivity contribution in [2.45, 2.75) is 33.2 Å². The normalized spacial score (nSPS) is 18.1. The lowest BCUT2D eigenvalue weighted by atomic mass is 9.96. The van der Waals surface area contributed by atoms with Crippen molar-refractivity contribution < 1.29 is 4.79 Å². The van der Waals surface area contributed by atoms with Crippen molar-refractivity contribution in [3.8, 4) is 0 Å². The number of nitrogens with one attached hydrogen (secondary N) is 1. The number of hydrogen-bond acceptors (Lipinski definition) is 4. The molecule has 5 nitrogen and oxygen atoms in total. The highest BCUT2D eigenvalue weighted by atomic mass is 16.1. The molecule has 0 saturated carbocycles. The van der Waals surface area contributed by atoms with E-state index in [-0.39, 0.29) is 5.91 Å². The second-order valence-corrected chi connectivity index (χ2v) is 6.91. The van der Waals surface area contributed by atoms with E-state index in [2.05, 4.69) is 52.2 Å². The van der Waals surface area contributed by atoms with Crippen LogP contribution in [0.2, 0.25) is 0 Å². The van der Waals surface area contributed by atoms with E-state index in [1.165, 1.54) is 29.3 Å². The molecule has 1 saturated heterocycles. The summed E-state index contributed by atoms with van der Waals surface area (Å²) in [5.41, 5.74) is 4.54. The van der Waals surface area contributed by atoms with E-state index in [4.69, 9.17) is 0 Å². The van der Waals surface area contributed by atoms with Crippen LogP contribution in [0.3, 0.4) is 0 Å². The molecule has 0 unspecified atom stereocenters. The van der Waals surface area contributed by atoms with Gasteiger partial charge in [0.2, 0.25) is 0 Å². The number of benzene rings is 1. The zero-order chi connectivity index (χ0) is 17.6. The molecule has 2 aromatic rings. The monoisotopic (exact) mass is 338 g/mol. The van der Waals surface area contributed by atoms with E-state index >= 15 is 0 Å².